The molecule has 0 amide bonds. The van der Waals surface area contributed by atoms with Crippen LogP contribution in [0.25, 0.3) is 0 Å². The van der Waals surface area contributed by atoms with Crippen molar-refractivity contribution in [1.82, 2.24) is 9.97 Å². The molecule has 0 spiro atoms. The van der Waals surface area contributed by atoms with Crippen LogP contribution in [0.2, 0.25) is 0 Å². The average Bonchev–Trinajstić information content (AvgIpc) is 2.72. The van der Waals surface area contributed by atoms with Gasteiger partial charge in [0.2, 0.25) is 0 Å². The van der Waals surface area contributed by atoms with Gasteiger partial charge in [0.15, 0.2) is 0 Å². The van der Waals surface area contributed by atoms with Crippen LogP contribution in [0.15, 0.2) is 6.07 Å². The standard InChI is InChI=1S/C16H29N5/c1-11(2)13-6-5-8-21(9-7-13)15-10-14(20-17)18-16(19-15)12(3)4/h10-13H,5-9,17H2,1-4H3,(H,18,19,20). The zero-order valence-electron chi connectivity index (χ0n) is 13.8. The van der Waals surface area contributed by atoms with E-state index in [-0.39, 0.29) is 0 Å². The Labute approximate surface area is 128 Å². The van der Waals surface area contributed by atoms with Crippen molar-refractivity contribution >= 4 is 11.6 Å². The number of hydrogen-bond donors (Lipinski definition) is 2. The molecule has 21 heavy (non-hydrogen) atoms. The van der Waals surface area contributed by atoms with Crippen molar-refractivity contribution in [3.8, 4) is 0 Å². The number of hydrogen-bond acceptors (Lipinski definition) is 5. The molecule has 5 nitrogen and oxygen atoms in total. The van der Waals surface area contributed by atoms with Gasteiger partial charge in [-0.05, 0) is 31.1 Å². The van der Waals surface area contributed by atoms with Gasteiger partial charge in [-0.1, -0.05) is 27.7 Å². The van der Waals surface area contributed by atoms with Crippen molar-refractivity contribution in [2.75, 3.05) is 23.4 Å². The number of nitrogens with one attached hydrogen (secondary N) is 1. The van der Waals surface area contributed by atoms with Gasteiger partial charge in [0.1, 0.15) is 17.5 Å². The van der Waals surface area contributed by atoms with Crippen molar-refractivity contribution in [3.05, 3.63) is 11.9 Å². The maximum atomic E-state index is 5.55. The predicted molar refractivity (Wildman–Crippen MR) is 88.3 cm³/mol. The lowest BCUT2D eigenvalue weighted by atomic mass is 9.89. The van der Waals surface area contributed by atoms with Crippen LogP contribution in [0.5, 0.6) is 0 Å². The fourth-order valence-corrected chi connectivity index (χ4v) is 2.96. The number of hydrazine groups is 1. The molecule has 1 aromatic rings. The van der Waals surface area contributed by atoms with Gasteiger partial charge in [-0.15, -0.1) is 0 Å². The van der Waals surface area contributed by atoms with Crippen LogP contribution in [-0.2, 0) is 0 Å². The van der Waals surface area contributed by atoms with Crippen molar-refractivity contribution in [1.29, 1.82) is 0 Å². The molecule has 5 heteroatoms. The Kier molecular flexibility index (Phi) is 5.39. The van der Waals surface area contributed by atoms with Crippen LogP contribution in [-0.4, -0.2) is 23.1 Å². The summed E-state index contributed by atoms with van der Waals surface area (Å²) in [5, 5.41) is 0. The lowest BCUT2D eigenvalue weighted by Crippen LogP contribution is -2.26. The fraction of sp³-hybridized carbons (Fsp3) is 0.750. The highest BCUT2D eigenvalue weighted by molar-refractivity contribution is 5.49. The first-order valence-electron chi connectivity index (χ1n) is 8.11. The quantitative estimate of drug-likeness (QED) is 0.659. The Morgan fingerprint density at radius 1 is 1.19 bits per heavy atom. The molecule has 0 radical (unpaired) electrons. The molecular formula is C16H29N5. The minimum absolute atomic E-state index is 0.299. The van der Waals surface area contributed by atoms with Crippen LogP contribution < -0.4 is 16.2 Å². The summed E-state index contributed by atoms with van der Waals surface area (Å²) in [6.07, 6.45) is 3.79. The molecule has 0 saturated carbocycles. The van der Waals surface area contributed by atoms with Gasteiger partial charge in [-0.3, -0.25) is 0 Å². The lowest BCUT2D eigenvalue weighted by Gasteiger charge is -2.23. The predicted octanol–water partition coefficient (Wildman–Crippen LogP) is 3.15. The van der Waals surface area contributed by atoms with E-state index in [9.17, 15) is 0 Å². The number of nitrogens with zero attached hydrogens (tertiary/aromatic N) is 3. The molecule has 0 bridgehead atoms. The van der Waals surface area contributed by atoms with Crippen LogP contribution in [0, 0.1) is 11.8 Å². The van der Waals surface area contributed by atoms with E-state index in [1.165, 1.54) is 19.3 Å². The Morgan fingerprint density at radius 2 is 1.95 bits per heavy atom. The average molecular weight is 291 g/mol. The molecule has 2 rings (SSSR count). The second-order valence-corrected chi connectivity index (χ2v) is 6.69. The highest BCUT2D eigenvalue weighted by Gasteiger charge is 2.21. The molecule has 2 heterocycles. The number of rotatable bonds is 4. The van der Waals surface area contributed by atoms with Crippen LogP contribution in [0.3, 0.4) is 0 Å². The SMILES string of the molecule is CC(C)c1nc(NN)cc(N2CCCC(C(C)C)CC2)n1. The van der Waals surface area contributed by atoms with Crippen molar-refractivity contribution in [3.63, 3.8) is 0 Å². The summed E-state index contributed by atoms with van der Waals surface area (Å²) >= 11 is 0. The fourth-order valence-electron chi connectivity index (χ4n) is 2.96. The molecule has 1 saturated heterocycles. The van der Waals surface area contributed by atoms with Gasteiger partial charge in [0.05, 0.1) is 0 Å². The van der Waals surface area contributed by atoms with E-state index < -0.39 is 0 Å². The third-order valence-corrected chi connectivity index (χ3v) is 4.43. The van der Waals surface area contributed by atoms with E-state index in [1.54, 1.807) is 0 Å². The summed E-state index contributed by atoms with van der Waals surface area (Å²) in [5.41, 5.74) is 2.67. The molecule has 0 aliphatic carbocycles. The summed E-state index contributed by atoms with van der Waals surface area (Å²) in [6, 6.07) is 1.96. The number of nitrogens with two attached hydrogens (primary N) is 1. The smallest absolute Gasteiger partial charge is 0.145 e. The summed E-state index contributed by atoms with van der Waals surface area (Å²) in [7, 11) is 0. The third-order valence-electron chi connectivity index (χ3n) is 4.43. The van der Waals surface area contributed by atoms with E-state index in [1.807, 2.05) is 6.07 Å². The molecule has 118 valence electrons. The van der Waals surface area contributed by atoms with Crippen molar-refractivity contribution < 1.29 is 0 Å². The van der Waals surface area contributed by atoms with E-state index in [0.29, 0.717) is 11.7 Å². The summed E-state index contributed by atoms with van der Waals surface area (Å²) in [5.74, 6) is 10.0. The van der Waals surface area contributed by atoms with E-state index >= 15 is 0 Å². The third kappa shape index (κ3) is 4.06. The Hall–Kier alpha value is -1.36. The minimum Gasteiger partial charge on any atom is -0.356 e. The molecule has 1 aliphatic rings. The molecule has 1 atom stereocenters. The largest absolute Gasteiger partial charge is 0.356 e. The van der Waals surface area contributed by atoms with E-state index in [2.05, 4.69) is 43.0 Å². The summed E-state index contributed by atoms with van der Waals surface area (Å²) in [6.45, 7) is 11.0. The first kappa shape index (κ1) is 16.0. The molecule has 1 unspecified atom stereocenters. The molecule has 1 fully saturated rings. The van der Waals surface area contributed by atoms with Crippen LogP contribution in [0.1, 0.15) is 58.7 Å². The molecule has 1 aromatic heterocycles. The Balaban J connectivity index is 2.18. The van der Waals surface area contributed by atoms with Crippen molar-refractivity contribution in [2.45, 2.75) is 52.9 Å². The first-order chi connectivity index (χ1) is 10.0. The number of aromatic nitrogens is 2. The zero-order chi connectivity index (χ0) is 15.4. The highest BCUT2D eigenvalue weighted by Crippen LogP contribution is 2.27. The van der Waals surface area contributed by atoms with Gasteiger partial charge in [0, 0.05) is 25.1 Å². The molecule has 3 N–H and O–H groups in total. The maximum absolute atomic E-state index is 5.55. The normalized spacial score (nSPS) is 20.0. The monoisotopic (exact) mass is 291 g/mol. The van der Waals surface area contributed by atoms with Crippen LogP contribution >= 0.6 is 0 Å². The summed E-state index contributed by atoms with van der Waals surface area (Å²) < 4.78 is 0. The summed E-state index contributed by atoms with van der Waals surface area (Å²) in [4.78, 5) is 11.6. The Morgan fingerprint density at radius 3 is 2.57 bits per heavy atom. The van der Waals surface area contributed by atoms with Gasteiger partial charge >= 0.3 is 0 Å². The van der Waals surface area contributed by atoms with Crippen LogP contribution in [0.4, 0.5) is 11.6 Å². The lowest BCUT2D eigenvalue weighted by molar-refractivity contribution is 0.351. The number of anilines is 2. The highest BCUT2D eigenvalue weighted by atomic mass is 15.3. The van der Waals surface area contributed by atoms with Gasteiger partial charge in [0.25, 0.3) is 0 Å². The number of nitrogen functional groups attached to an aromatic ring is 1. The zero-order valence-corrected chi connectivity index (χ0v) is 13.8. The van der Waals surface area contributed by atoms with E-state index in [4.69, 9.17) is 10.8 Å². The molecular weight excluding hydrogens is 262 g/mol. The second kappa shape index (κ2) is 7.07. The van der Waals surface area contributed by atoms with E-state index in [0.717, 1.165) is 36.6 Å². The van der Waals surface area contributed by atoms with Gasteiger partial charge in [-0.2, -0.15) is 0 Å². The molecule has 1 aliphatic heterocycles. The topological polar surface area (TPSA) is 67.1 Å². The minimum atomic E-state index is 0.299. The van der Waals surface area contributed by atoms with Gasteiger partial charge < -0.3 is 10.3 Å². The second-order valence-electron chi connectivity index (χ2n) is 6.69. The maximum Gasteiger partial charge on any atom is 0.145 e. The Bertz CT molecular complexity index is 458. The van der Waals surface area contributed by atoms with Gasteiger partial charge in [-0.25, -0.2) is 15.8 Å². The van der Waals surface area contributed by atoms with Crippen molar-refractivity contribution in [2.24, 2.45) is 17.7 Å². The first-order valence-corrected chi connectivity index (χ1v) is 8.11. The molecule has 0 aromatic carbocycles.